The summed E-state index contributed by atoms with van der Waals surface area (Å²) in [5.41, 5.74) is 2.03. The van der Waals surface area contributed by atoms with Crippen molar-refractivity contribution in [1.82, 2.24) is 4.57 Å². The number of hydrogen-bond acceptors (Lipinski definition) is 2. The van der Waals surface area contributed by atoms with Gasteiger partial charge in [-0.25, -0.2) is 9.18 Å². The number of carbonyl (C=O) groups is 1. The van der Waals surface area contributed by atoms with Crippen LogP contribution in [0.1, 0.15) is 10.5 Å². The van der Waals surface area contributed by atoms with E-state index in [2.05, 4.69) is 22.6 Å². The molecule has 0 amide bonds. The van der Waals surface area contributed by atoms with Crippen LogP contribution in [0, 0.1) is 9.39 Å². The summed E-state index contributed by atoms with van der Waals surface area (Å²) in [5.74, 6) is -0.705. The SMILES string of the molecule is COC(=O)c1c(-c2ccc(F)cc2)c(I)cn1C. The lowest BCUT2D eigenvalue weighted by Gasteiger charge is -2.06. The number of aromatic nitrogens is 1. The average Bonchev–Trinajstić information content (AvgIpc) is 2.64. The third kappa shape index (κ3) is 2.27. The van der Waals surface area contributed by atoms with Gasteiger partial charge in [-0.1, -0.05) is 12.1 Å². The Morgan fingerprint density at radius 1 is 1.33 bits per heavy atom. The summed E-state index contributed by atoms with van der Waals surface area (Å²) in [6, 6.07) is 6.05. The number of aryl methyl sites for hydroxylation is 1. The lowest BCUT2D eigenvalue weighted by Crippen LogP contribution is -2.08. The maximum absolute atomic E-state index is 12.9. The molecule has 0 aliphatic carbocycles. The second-order valence-electron chi connectivity index (χ2n) is 3.81. The van der Waals surface area contributed by atoms with Crippen LogP contribution in [0.15, 0.2) is 30.5 Å². The van der Waals surface area contributed by atoms with Gasteiger partial charge in [-0.05, 0) is 40.3 Å². The molecule has 18 heavy (non-hydrogen) atoms. The molecule has 0 radical (unpaired) electrons. The smallest absolute Gasteiger partial charge is 0.355 e. The van der Waals surface area contributed by atoms with Gasteiger partial charge in [0.2, 0.25) is 0 Å². The molecule has 0 atom stereocenters. The van der Waals surface area contributed by atoms with Crippen molar-refractivity contribution in [3.8, 4) is 11.1 Å². The summed E-state index contributed by atoms with van der Waals surface area (Å²) in [5, 5.41) is 0. The van der Waals surface area contributed by atoms with Crippen LogP contribution in [0.3, 0.4) is 0 Å². The predicted octanol–water partition coefficient (Wildman–Crippen LogP) is 3.22. The van der Waals surface area contributed by atoms with E-state index < -0.39 is 5.97 Å². The molecule has 0 aliphatic rings. The van der Waals surface area contributed by atoms with E-state index in [0.717, 1.165) is 14.7 Å². The van der Waals surface area contributed by atoms with E-state index in [4.69, 9.17) is 4.74 Å². The zero-order valence-electron chi connectivity index (χ0n) is 9.91. The van der Waals surface area contributed by atoms with Gasteiger partial charge in [0.25, 0.3) is 0 Å². The van der Waals surface area contributed by atoms with Crippen molar-refractivity contribution in [3.05, 3.63) is 45.5 Å². The fraction of sp³-hybridized carbons (Fsp3) is 0.154. The van der Waals surface area contributed by atoms with E-state index >= 15 is 0 Å². The monoisotopic (exact) mass is 359 g/mol. The zero-order valence-corrected chi connectivity index (χ0v) is 12.1. The molecular weight excluding hydrogens is 348 g/mol. The lowest BCUT2D eigenvalue weighted by atomic mass is 10.1. The number of rotatable bonds is 2. The molecule has 1 aromatic heterocycles. The quantitative estimate of drug-likeness (QED) is 0.609. The molecule has 2 aromatic rings. The molecule has 0 spiro atoms. The fourth-order valence-corrected chi connectivity index (χ4v) is 2.81. The molecule has 0 aliphatic heterocycles. The Hall–Kier alpha value is -1.37. The summed E-state index contributed by atoms with van der Waals surface area (Å²) >= 11 is 2.15. The minimum Gasteiger partial charge on any atom is -0.464 e. The largest absolute Gasteiger partial charge is 0.464 e. The Morgan fingerprint density at radius 3 is 2.50 bits per heavy atom. The third-order valence-electron chi connectivity index (χ3n) is 2.65. The Kier molecular flexibility index (Phi) is 3.70. The van der Waals surface area contributed by atoms with Crippen LogP contribution in [0.25, 0.3) is 11.1 Å². The predicted molar refractivity (Wildman–Crippen MR) is 74.9 cm³/mol. The van der Waals surface area contributed by atoms with E-state index in [1.165, 1.54) is 19.2 Å². The molecule has 0 N–H and O–H groups in total. The van der Waals surface area contributed by atoms with Gasteiger partial charge in [-0.15, -0.1) is 0 Å². The van der Waals surface area contributed by atoms with Crippen LogP contribution in [-0.4, -0.2) is 17.6 Å². The van der Waals surface area contributed by atoms with Crippen LogP contribution >= 0.6 is 22.6 Å². The molecular formula is C13H11FINO2. The van der Waals surface area contributed by atoms with Gasteiger partial charge in [0.1, 0.15) is 11.5 Å². The third-order valence-corrected chi connectivity index (χ3v) is 3.46. The first-order valence-corrected chi connectivity index (χ1v) is 6.31. The highest BCUT2D eigenvalue weighted by Crippen LogP contribution is 2.30. The van der Waals surface area contributed by atoms with Gasteiger partial charge < -0.3 is 9.30 Å². The van der Waals surface area contributed by atoms with E-state index in [-0.39, 0.29) is 5.82 Å². The second-order valence-corrected chi connectivity index (χ2v) is 4.97. The van der Waals surface area contributed by atoms with Crippen molar-refractivity contribution >= 4 is 28.6 Å². The molecule has 1 aromatic carbocycles. The highest BCUT2D eigenvalue weighted by atomic mass is 127. The maximum Gasteiger partial charge on any atom is 0.355 e. The van der Waals surface area contributed by atoms with Crippen molar-refractivity contribution < 1.29 is 13.9 Å². The highest BCUT2D eigenvalue weighted by molar-refractivity contribution is 14.1. The first kappa shape index (κ1) is 13.1. The first-order chi connectivity index (χ1) is 8.54. The summed E-state index contributed by atoms with van der Waals surface area (Å²) in [6.45, 7) is 0. The molecule has 2 rings (SSSR count). The standard InChI is InChI=1S/C13H11FINO2/c1-16-7-10(15)11(12(16)13(17)18-2)8-3-5-9(14)6-4-8/h3-7H,1-2H3. The summed E-state index contributed by atoms with van der Waals surface area (Å²) in [4.78, 5) is 11.8. The Balaban J connectivity index is 2.63. The van der Waals surface area contributed by atoms with Gasteiger partial charge >= 0.3 is 5.97 Å². The van der Waals surface area contributed by atoms with Crippen LogP contribution in [-0.2, 0) is 11.8 Å². The molecule has 5 heteroatoms. The normalized spacial score (nSPS) is 10.4. The molecule has 0 bridgehead atoms. The van der Waals surface area contributed by atoms with Crippen molar-refractivity contribution in [3.63, 3.8) is 0 Å². The number of nitrogens with zero attached hydrogens (tertiary/aromatic N) is 1. The van der Waals surface area contributed by atoms with Gasteiger partial charge in [0.05, 0.1) is 7.11 Å². The number of halogens is 2. The number of carbonyl (C=O) groups excluding carboxylic acids is 1. The second kappa shape index (κ2) is 5.09. The minimum absolute atomic E-state index is 0.302. The van der Waals surface area contributed by atoms with Gasteiger partial charge in [-0.3, -0.25) is 0 Å². The summed E-state index contributed by atoms with van der Waals surface area (Å²) in [7, 11) is 3.12. The van der Waals surface area contributed by atoms with Crippen molar-refractivity contribution in [2.75, 3.05) is 7.11 Å². The number of ether oxygens (including phenoxy) is 1. The molecule has 0 unspecified atom stereocenters. The zero-order chi connectivity index (χ0) is 13.3. The number of hydrogen-bond donors (Lipinski definition) is 0. The average molecular weight is 359 g/mol. The van der Waals surface area contributed by atoms with E-state index in [1.54, 1.807) is 23.7 Å². The molecule has 0 saturated heterocycles. The lowest BCUT2D eigenvalue weighted by molar-refractivity contribution is 0.0591. The Morgan fingerprint density at radius 2 is 1.94 bits per heavy atom. The van der Waals surface area contributed by atoms with Crippen molar-refractivity contribution in [1.29, 1.82) is 0 Å². The van der Waals surface area contributed by atoms with Crippen molar-refractivity contribution in [2.45, 2.75) is 0 Å². The number of esters is 1. The number of methoxy groups -OCH3 is 1. The number of benzene rings is 1. The van der Waals surface area contributed by atoms with E-state index in [1.807, 2.05) is 6.20 Å². The molecule has 3 nitrogen and oxygen atoms in total. The maximum atomic E-state index is 12.9. The fourth-order valence-electron chi connectivity index (χ4n) is 1.82. The molecule has 1 heterocycles. The van der Waals surface area contributed by atoms with Crippen LogP contribution in [0.2, 0.25) is 0 Å². The van der Waals surface area contributed by atoms with Gasteiger partial charge in [-0.2, -0.15) is 0 Å². The minimum atomic E-state index is -0.403. The molecule has 94 valence electrons. The van der Waals surface area contributed by atoms with Gasteiger partial charge in [0, 0.05) is 22.4 Å². The van der Waals surface area contributed by atoms with Crippen LogP contribution in [0.5, 0.6) is 0 Å². The summed E-state index contributed by atoms with van der Waals surface area (Å²) in [6.07, 6.45) is 1.84. The highest BCUT2D eigenvalue weighted by Gasteiger charge is 2.21. The topological polar surface area (TPSA) is 31.2 Å². The molecule has 0 saturated carbocycles. The van der Waals surface area contributed by atoms with E-state index in [0.29, 0.717) is 5.69 Å². The van der Waals surface area contributed by atoms with Crippen LogP contribution < -0.4 is 0 Å². The van der Waals surface area contributed by atoms with E-state index in [9.17, 15) is 9.18 Å². The summed E-state index contributed by atoms with van der Waals surface area (Å²) < 4.78 is 20.3. The van der Waals surface area contributed by atoms with Crippen molar-refractivity contribution in [2.24, 2.45) is 7.05 Å². The Bertz CT molecular complexity index is 590. The first-order valence-electron chi connectivity index (χ1n) is 5.23. The Labute approximate surface area is 118 Å². The molecule has 0 fully saturated rings. The van der Waals surface area contributed by atoms with Gasteiger partial charge in [0.15, 0.2) is 0 Å². The van der Waals surface area contributed by atoms with Crippen LogP contribution in [0.4, 0.5) is 4.39 Å².